The first-order chi connectivity index (χ1) is 8.65. The van der Waals surface area contributed by atoms with Crippen LogP contribution in [0.3, 0.4) is 0 Å². The molecule has 0 fully saturated rings. The summed E-state index contributed by atoms with van der Waals surface area (Å²) in [4.78, 5) is 15.9. The van der Waals surface area contributed by atoms with Crippen LogP contribution in [-0.2, 0) is 5.75 Å². The number of thioether (sulfide) groups is 1. The number of pyridine rings is 1. The Kier molecular flexibility index (Phi) is 4.23. The van der Waals surface area contributed by atoms with Crippen molar-refractivity contribution in [2.24, 2.45) is 0 Å². The van der Waals surface area contributed by atoms with Crippen molar-refractivity contribution in [3.05, 3.63) is 58.9 Å². The zero-order valence-corrected chi connectivity index (χ0v) is 10.9. The van der Waals surface area contributed by atoms with Gasteiger partial charge in [0.05, 0.1) is 11.3 Å². The van der Waals surface area contributed by atoms with Crippen LogP contribution in [0.25, 0.3) is 0 Å². The monoisotopic (exact) mass is 279 g/mol. The minimum atomic E-state index is -0.959. The third kappa shape index (κ3) is 3.48. The molecular formula is C13H10ClNO2S. The normalized spacial score (nSPS) is 10.3. The summed E-state index contributed by atoms with van der Waals surface area (Å²) in [6, 6.07) is 10.9. The van der Waals surface area contributed by atoms with Crippen molar-refractivity contribution in [2.75, 3.05) is 0 Å². The number of rotatable bonds is 4. The summed E-state index contributed by atoms with van der Waals surface area (Å²) >= 11 is 7.43. The number of carboxylic acid groups (broad SMARTS) is 1. The molecule has 0 aliphatic carbocycles. The van der Waals surface area contributed by atoms with Crippen LogP contribution in [-0.4, -0.2) is 16.1 Å². The Bertz CT molecular complexity index is 540. The van der Waals surface area contributed by atoms with Crippen molar-refractivity contribution in [2.45, 2.75) is 10.6 Å². The maximum atomic E-state index is 10.7. The number of carboxylic acids is 1. The smallest absolute Gasteiger partial charge is 0.337 e. The molecule has 1 N–H and O–H groups in total. The molecule has 0 spiro atoms. The molecule has 1 aromatic heterocycles. The number of hydrogen-bond donors (Lipinski definition) is 1. The quantitative estimate of drug-likeness (QED) is 0.867. The standard InChI is InChI=1S/C13H10ClNO2S/c14-10-2-5-12(6-3-10)18-8-11-4-1-9(7-15-11)13(16)17/h1-7H,8H2,(H,16,17). The van der Waals surface area contributed by atoms with Crippen LogP contribution in [0, 0.1) is 0 Å². The van der Waals surface area contributed by atoms with E-state index in [0.717, 1.165) is 10.6 Å². The third-order valence-corrected chi connectivity index (χ3v) is 3.57. The van der Waals surface area contributed by atoms with Gasteiger partial charge in [-0.1, -0.05) is 11.6 Å². The summed E-state index contributed by atoms with van der Waals surface area (Å²) in [5.74, 6) is -0.263. The summed E-state index contributed by atoms with van der Waals surface area (Å²) < 4.78 is 0. The van der Waals surface area contributed by atoms with Crippen molar-refractivity contribution in [1.29, 1.82) is 0 Å². The summed E-state index contributed by atoms with van der Waals surface area (Å²) in [7, 11) is 0. The molecule has 0 bridgehead atoms. The van der Waals surface area contributed by atoms with Gasteiger partial charge in [-0.2, -0.15) is 0 Å². The van der Waals surface area contributed by atoms with Crippen LogP contribution in [0.2, 0.25) is 5.02 Å². The Morgan fingerprint density at radius 3 is 2.50 bits per heavy atom. The molecule has 0 aliphatic heterocycles. The van der Waals surface area contributed by atoms with Gasteiger partial charge in [0.25, 0.3) is 0 Å². The molecule has 5 heteroatoms. The number of benzene rings is 1. The van der Waals surface area contributed by atoms with E-state index in [-0.39, 0.29) is 5.56 Å². The Hall–Kier alpha value is -1.52. The van der Waals surface area contributed by atoms with Gasteiger partial charge in [-0.05, 0) is 36.4 Å². The highest BCUT2D eigenvalue weighted by molar-refractivity contribution is 7.98. The van der Waals surface area contributed by atoms with Gasteiger partial charge in [-0.3, -0.25) is 4.98 Å². The predicted octanol–water partition coefficient (Wildman–Crippen LogP) is 3.73. The molecule has 0 radical (unpaired) electrons. The largest absolute Gasteiger partial charge is 0.478 e. The minimum absolute atomic E-state index is 0.204. The molecule has 0 unspecified atom stereocenters. The van der Waals surface area contributed by atoms with Crippen molar-refractivity contribution in [1.82, 2.24) is 4.98 Å². The van der Waals surface area contributed by atoms with Gasteiger partial charge in [0.2, 0.25) is 0 Å². The third-order valence-electron chi connectivity index (χ3n) is 2.27. The second-order valence-corrected chi connectivity index (χ2v) is 5.07. The fourth-order valence-corrected chi connectivity index (χ4v) is 2.26. The average molecular weight is 280 g/mol. The molecular weight excluding hydrogens is 270 g/mol. The minimum Gasteiger partial charge on any atom is -0.478 e. The van der Waals surface area contributed by atoms with E-state index in [1.807, 2.05) is 24.3 Å². The van der Waals surface area contributed by atoms with Gasteiger partial charge < -0.3 is 5.11 Å². The summed E-state index contributed by atoms with van der Waals surface area (Å²) in [6.07, 6.45) is 1.38. The first kappa shape index (κ1) is 12.9. The molecule has 2 aromatic rings. The van der Waals surface area contributed by atoms with E-state index < -0.39 is 5.97 Å². The fourth-order valence-electron chi connectivity index (χ4n) is 1.32. The van der Waals surface area contributed by atoms with Crippen LogP contribution in [0.5, 0.6) is 0 Å². The zero-order valence-electron chi connectivity index (χ0n) is 9.34. The molecule has 3 nitrogen and oxygen atoms in total. The molecule has 2 rings (SSSR count). The molecule has 0 amide bonds. The van der Waals surface area contributed by atoms with Gasteiger partial charge in [-0.25, -0.2) is 4.79 Å². The van der Waals surface area contributed by atoms with E-state index in [1.165, 1.54) is 6.20 Å². The summed E-state index contributed by atoms with van der Waals surface area (Å²) in [5.41, 5.74) is 1.05. The van der Waals surface area contributed by atoms with Crippen molar-refractivity contribution >= 4 is 29.3 Å². The lowest BCUT2D eigenvalue weighted by atomic mass is 10.2. The van der Waals surface area contributed by atoms with E-state index >= 15 is 0 Å². The van der Waals surface area contributed by atoms with Crippen LogP contribution in [0.15, 0.2) is 47.5 Å². The number of nitrogens with zero attached hydrogens (tertiary/aromatic N) is 1. The summed E-state index contributed by atoms with van der Waals surface area (Å²) in [6.45, 7) is 0. The number of aromatic nitrogens is 1. The number of halogens is 1. The van der Waals surface area contributed by atoms with E-state index in [0.29, 0.717) is 10.8 Å². The lowest BCUT2D eigenvalue weighted by molar-refractivity contribution is 0.0696. The van der Waals surface area contributed by atoms with E-state index in [9.17, 15) is 4.79 Å². The number of carbonyl (C=O) groups is 1. The Labute approximate surface area is 114 Å². The van der Waals surface area contributed by atoms with Crippen LogP contribution < -0.4 is 0 Å². The zero-order chi connectivity index (χ0) is 13.0. The maximum absolute atomic E-state index is 10.7. The highest BCUT2D eigenvalue weighted by Gasteiger charge is 2.03. The van der Waals surface area contributed by atoms with Crippen molar-refractivity contribution in [3.63, 3.8) is 0 Å². The van der Waals surface area contributed by atoms with Gasteiger partial charge in [0.15, 0.2) is 0 Å². The van der Waals surface area contributed by atoms with Crippen LogP contribution in [0.4, 0.5) is 0 Å². The topological polar surface area (TPSA) is 50.2 Å². The highest BCUT2D eigenvalue weighted by Crippen LogP contribution is 2.23. The van der Waals surface area contributed by atoms with Crippen LogP contribution in [0.1, 0.15) is 16.1 Å². The van der Waals surface area contributed by atoms with E-state index in [4.69, 9.17) is 16.7 Å². The van der Waals surface area contributed by atoms with Gasteiger partial charge in [0.1, 0.15) is 0 Å². The lowest BCUT2D eigenvalue weighted by Crippen LogP contribution is -1.97. The lowest BCUT2D eigenvalue weighted by Gasteiger charge is -2.02. The first-order valence-electron chi connectivity index (χ1n) is 5.22. The Balaban J connectivity index is 1.97. The SMILES string of the molecule is O=C(O)c1ccc(CSc2ccc(Cl)cc2)nc1. The predicted molar refractivity (Wildman–Crippen MR) is 72.2 cm³/mol. The molecule has 0 saturated carbocycles. The van der Waals surface area contributed by atoms with Crippen molar-refractivity contribution in [3.8, 4) is 0 Å². The van der Waals surface area contributed by atoms with Gasteiger partial charge >= 0.3 is 5.97 Å². The molecule has 0 atom stereocenters. The average Bonchev–Trinajstić information content (AvgIpc) is 2.38. The van der Waals surface area contributed by atoms with Gasteiger partial charge in [0, 0.05) is 21.9 Å². The number of aromatic carboxylic acids is 1. The van der Waals surface area contributed by atoms with Gasteiger partial charge in [-0.15, -0.1) is 11.8 Å². The second kappa shape index (κ2) is 5.89. The highest BCUT2D eigenvalue weighted by atomic mass is 35.5. The molecule has 0 saturated heterocycles. The molecule has 92 valence electrons. The maximum Gasteiger partial charge on any atom is 0.337 e. The molecule has 1 aromatic carbocycles. The Morgan fingerprint density at radius 1 is 1.22 bits per heavy atom. The molecule has 1 heterocycles. The van der Waals surface area contributed by atoms with Crippen LogP contribution >= 0.6 is 23.4 Å². The Morgan fingerprint density at radius 2 is 1.94 bits per heavy atom. The number of hydrogen-bond acceptors (Lipinski definition) is 3. The van der Waals surface area contributed by atoms with Crippen molar-refractivity contribution < 1.29 is 9.90 Å². The second-order valence-electron chi connectivity index (χ2n) is 3.59. The molecule has 18 heavy (non-hydrogen) atoms. The fraction of sp³-hybridized carbons (Fsp3) is 0.0769. The van der Waals surface area contributed by atoms with E-state index in [1.54, 1.807) is 23.9 Å². The first-order valence-corrected chi connectivity index (χ1v) is 6.58. The van der Waals surface area contributed by atoms with E-state index in [2.05, 4.69) is 4.98 Å². The summed E-state index contributed by atoms with van der Waals surface area (Å²) in [5, 5.41) is 9.46. The molecule has 0 aliphatic rings.